The highest BCUT2D eigenvalue weighted by Gasteiger charge is 2.12. The van der Waals surface area contributed by atoms with Gasteiger partial charge < -0.3 is 10.5 Å². The molecule has 0 aromatic heterocycles. The fraction of sp³-hybridized carbons (Fsp3) is 0.900. The molecule has 0 aliphatic rings. The summed E-state index contributed by atoms with van der Waals surface area (Å²) in [4.78, 5) is 16.3. The van der Waals surface area contributed by atoms with E-state index in [1.165, 1.54) is 0 Å². The largest absolute Gasteiger partial charge is 0.385 e. The maximum absolute atomic E-state index is 11.3. The molecule has 5 nitrogen and oxygen atoms in total. The summed E-state index contributed by atoms with van der Waals surface area (Å²) in [5, 5.41) is 0. The van der Waals surface area contributed by atoms with E-state index in [2.05, 4.69) is 5.48 Å². The van der Waals surface area contributed by atoms with Gasteiger partial charge in [0.2, 0.25) is 0 Å². The molecule has 0 rings (SSSR count). The van der Waals surface area contributed by atoms with Crippen molar-refractivity contribution in [1.82, 2.24) is 5.48 Å². The minimum Gasteiger partial charge on any atom is -0.385 e. The lowest BCUT2D eigenvalue weighted by atomic mass is 10.2. The van der Waals surface area contributed by atoms with Gasteiger partial charge >= 0.3 is 0 Å². The van der Waals surface area contributed by atoms with Crippen LogP contribution in [0.15, 0.2) is 0 Å². The van der Waals surface area contributed by atoms with Crippen LogP contribution in [0.2, 0.25) is 0 Å². The van der Waals surface area contributed by atoms with Gasteiger partial charge in [0.15, 0.2) is 0 Å². The lowest BCUT2D eigenvalue weighted by Gasteiger charge is -2.12. The van der Waals surface area contributed by atoms with Gasteiger partial charge in [-0.05, 0) is 18.8 Å². The van der Waals surface area contributed by atoms with Crippen LogP contribution in [-0.4, -0.2) is 32.3 Å². The van der Waals surface area contributed by atoms with Crippen molar-refractivity contribution in [3.8, 4) is 0 Å². The first-order valence-electron chi connectivity index (χ1n) is 5.24. The van der Waals surface area contributed by atoms with Gasteiger partial charge in [0.1, 0.15) is 0 Å². The Morgan fingerprint density at radius 3 is 2.67 bits per heavy atom. The van der Waals surface area contributed by atoms with Crippen LogP contribution in [0, 0.1) is 5.92 Å². The normalized spacial score (nSPS) is 12.9. The van der Waals surface area contributed by atoms with E-state index < -0.39 is 6.04 Å². The molecule has 1 unspecified atom stereocenters. The Labute approximate surface area is 91.3 Å². The number of nitrogens with one attached hydrogen (secondary N) is 1. The van der Waals surface area contributed by atoms with Crippen molar-refractivity contribution in [2.24, 2.45) is 11.7 Å². The quantitative estimate of drug-likeness (QED) is 0.458. The van der Waals surface area contributed by atoms with E-state index in [0.29, 0.717) is 25.6 Å². The molecular formula is C10H22N2O3. The van der Waals surface area contributed by atoms with Gasteiger partial charge in [0.25, 0.3) is 5.91 Å². The van der Waals surface area contributed by atoms with Crippen LogP contribution in [0.25, 0.3) is 0 Å². The summed E-state index contributed by atoms with van der Waals surface area (Å²) in [5.41, 5.74) is 7.96. The zero-order chi connectivity index (χ0) is 11.7. The van der Waals surface area contributed by atoms with E-state index in [-0.39, 0.29) is 5.91 Å². The number of hydrogen-bond donors (Lipinski definition) is 2. The molecular weight excluding hydrogens is 196 g/mol. The van der Waals surface area contributed by atoms with E-state index in [9.17, 15) is 4.79 Å². The Morgan fingerprint density at radius 2 is 2.13 bits per heavy atom. The van der Waals surface area contributed by atoms with E-state index in [1.54, 1.807) is 7.11 Å². The molecule has 90 valence electrons. The summed E-state index contributed by atoms with van der Waals surface area (Å²) >= 11 is 0. The number of rotatable bonds is 8. The zero-order valence-electron chi connectivity index (χ0n) is 9.79. The molecule has 5 heteroatoms. The summed E-state index contributed by atoms with van der Waals surface area (Å²) in [5.74, 6) is 0.113. The summed E-state index contributed by atoms with van der Waals surface area (Å²) in [7, 11) is 1.62. The van der Waals surface area contributed by atoms with Crippen LogP contribution in [0.5, 0.6) is 0 Å². The first kappa shape index (κ1) is 14.3. The minimum absolute atomic E-state index is 0.272. The molecule has 0 aliphatic heterocycles. The molecule has 3 N–H and O–H groups in total. The molecule has 0 radical (unpaired) electrons. The second-order valence-corrected chi connectivity index (χ2v) is 3.91. The summed E-state index contributed by atoms with van der Waals surface area (Å²) < 4.78 is 4.87. The first-order chi connectivity index (χ1) is 7.07. The number of hydrogen-bond acceptors (Lipinski definition) is 4. The number of nitrogens with two attached hydrogens (primary N) is 1. The van der Waals surface area contributed by atoms with Crippen LogP contribution < -0.4 is 11.2 Å². The monoisotopic (exact) mass is 218 g/mol. The number of carbonyl (C=O) groups excluding carboxylic acids is 1. The van der Waals surface area contributed by atoms with E-state index >= 15 is 0 Å². The second-order valence-electron chi connectivity index (χ2n) is 3.91. The third-order valence-corrected chi connectivity index (χ3v) is 1.79. The lowest BCUT2D eigenvalue weighted by molar-refractivity contribution is -0.135. The summed E-state index contributed by atoms with van der Waals surface area (Å²) in [6, 6.07) is -0.521. The molecule has 0 aliphatic carbocycles. The molecule has 0 fully saturated rings. The van der Waals surface area contributed by atoms with Crippen molar-refractivity contribution in [3.05, 3.63) is 0 Å². The van der Waals surface area contributed by atoms with Crippen LogP contribution >= 0.6 is 0 Å². The van der Waals surface area contributed by atoms with Gasteiger partial charge in [-0.1, -0.05) is 13.8 Å². The van der Waals surface area contributed by atoms with Crippen molar-refractivity contribution in [1.29, 1.82) is 0 Å². The second kappa shape index (κ2) is 8.64. The maximum Gasteiger partial charge on any atom is 0.260 e. The van der Waals surface area contributed by atoms with Crippen molar-refractivity contribution in [3.63, 3.8) is 0 Å². The average molecular weight is 218 g/mol. The molecule has 0 spiro atoms. The average Bonchev–Trinajstić information content (AvgIpc) is 2.17. The Bertz CT molecular complexity index is 174. The fourth-order valence-electron chi connectivity index (χ4n) is 0.934. The number of carbonyl (C=O) groups is 1. The molecule has 1 atom stereocenters. The lowest BCUT2D eigenvalue weighted by Crippen LogP contribution is -2.41. The van der Waals surface area contributed by atoms with Gasteiger partial charge in [-0.25, -0.2) is 5.48 Å². The fourth-order valence-corrected chi connectivity index (χ4v) is 0.934. The molecule has 15 heavy (non-hydrogen) atoms. The maximum atomic E-state index is 11.3. The molecule has 1 amide bonds. The van der Waals surface area contributed by atoms with E-state index in [0.717, 1.165) is 6.42 Å². The number of hydroxylamine groups is 1. The zero-order valence-corrected chi connectivity index (χ0v) is 9.79. The Kier molecular flexibility index (Phi) is 8.27. The smallest absolute Gasteiger partial charge is 0.260 e. The van der Waals surface area contributed by atoms with Gasteiger partial charge in [-0.15, -0.1) is 0 Å². The predicted molar refractivity (Wildman–Crippen MR) is 58.0 cm³/mol. The van der Waals surface area contributed by atoms with Crippen molar-refractivity contribution in [2.45, 2.75) is 32.7 Å². The third-order valence-electron chi connectivity index (χ3n) is 1.79. The highest BCUT2D eigenvalue weighted by Crippen LogP contribution is 1.96. The predicted octanol–water partition coefficient (Wildman–Crippen LogP) is 0.444. The number of amides is 1. The van der Waals surface area contributed by atoms with Crippen LogP contribution in [0.4, 0.5) is 0 Å². The van der Waals surface area contributed by atoms with Crippen LogP contribution in [0.1, 0.15) is 26.7 Å². The van der Waals surface area contributed by atoms with Crippen molar-refractivity contribution < 1.29 is 14.4 Å². The summed E-state index contributed by atoms with van der Waals surface area (Å²) in [6.07, 6.45) is 1.37. The Balaban J connectivity index is 3.51. The molecule has 0 saturated heterocycles. The Hall–Kier alpha value is -0.650. The minimum atomic E-state index is -0.521. The highest BCUT2D eigenvalue weighted by atomic mass is 16.7. The topological polar surface area (TPSA) is 73.6 Å². The molecule has 0 heterocycles. The highest BCUT2D eigenvalue weighted by molar-refractivity contribution is 5.80. The SMILES string of the molecule is COCCCC(N)C(=O)NOCC(C)C. The Morgan fingerprint density at radius 1 is 1.47 bits per heavy atom. The molecule has 0 saturated carbocycles. The third kappa shape index (κ3) is 8.35. The number of ether oxygens (including phenoxy) is 1. The standard InChI is InChI=1S/C10H22N2O3/c1-8(2)7-15-12-10(13)9(11)5-4-6-14-3/h8-9H,4-7,11H2,1-3H3,(H,12,13). The molecule has 0 aromatic rings. The summed E-state index contributed by atoms with van der Waals surface area (Å²) in [6.45, 7) is 5.12. The van der Waals surface area contributed by atoms with Gasteiger partial charge in [-0.3, -0.25) is 9.63 Å². The van der Waals surface area contributed by atoms with Crippen LogP contribution in [-0.2, 0) is 14.4 Å². The van der Waals surface area contributed by atoms with Gasteiger partial charge in [0.05, 0.1) is 12.6 Å². The first-order valence-corrected chi connectivity index (χ1v) is 5.24. The van der Waals surface area contributed by atoms with Crippen molar-refractivity contribution >= 4 is 5.91 Å². The van der Waals surface area contributed by atoms with Gasteiger partial charge in [0, 0.05) is 13.7 Å². The number of methoxy groups -OCH3 is 1. The van der Waals surface area contributed by atoms with E-state index in [1.807, 2.05) is 13.8 Å². The molecule has 0 aromatic carbocycles. The van der Waals surface area contributed by atoms with E-state index in [4.69, 9.17) is 15.3 Å². The van der Waals surface area contributed by atoms with Crippen molar-refractivity contribution in [2.75, 3.05) is 20.3 Å². The van der Waals surface area contributed by atoms with Crippen LogP contribution in [0.3, 0.4) is 0 Å². The molecule has 0 bridgehead atoms. The van der Waals surface area contributed by atoms with Gasteiger partial charge in [-0.2, -0.15) is 0 Å².